The van der Waals surface area contributed by atoms with Crippen molar-refractivity contribution >= 4 is 0 Å². The van der Waals surface area contributed by atoms with Crippen LogP contribution in [0.15, 0.2) is 24.3 Å². The fourth-order valence-corrected chi connectivity index (χ4v) is 5.29. The van der Waals surface area contributed by atoms with Gasteiger partial charge in [-0.3, -0.25) is 0 Å². The molecule has 0 heterocycles. The Kier molecular flexibility index (Phi) is 8.10. The van der Waals surface area contributed by atoms with Gasteiger partial charge in [0, 0.05) is 11.5 Å². The molecule has 0 saturated heterocycles. The van der Waals surface area contributed by atoms with Gasteiger partial charge in [-0.1, -0.05) is 57.3 Å². The molecule has 2 aliphatic rings. The smallest absolute Gasteiger partial charge is 0.166 e. The zero-order chi connectivity index (χ0) is 20.7. The van der Waals surface area contributed by atoms with Crippen molar-refractivity contribution < 1.29 is 13.2 Å². The van der Waals surface area contributed by atoms with Gasteiger partial charge in [-0.25, -0.2) is 0 Å². The van der Waals surface area contributed by atoms with E-state index in [9.17, 15) is 13.2 Å². The highest BCUT2D eigenvalue weighted by molar-refractivity contribution is 5.37. The fraction of sp³-hybridized carbons (Fsp3) is 0.692. The van der Waals surface area contributed by atoms with Crippen LogP contribution in [0.2, 0.25) is 0 Å². The van der Waals surface area contributed by atoms with E-state index < -0.39 is 11.7 Å². The first-order valence-electron chi connectivity index (χ1n) is 11.6. The lowest BCUT2D eigenvalue weighted by Gasteiger charge is -2.37. The average molecular weight is 405 g/mol. The first-order valence-corrected chi connectivity index (χ1v) is 11.6. The van der Waals surface area contributed by atoms with Gasteiger partial charge in [-0.05, 0) is 80.5 Å². The fourth-order valence-electron chi connectivity index (χ4n) is 5.29. The summed E-state index contributed by atoms with van der Waals surface area (Å²) in [5.41, 5.74) is 0.0742. The summed E-state index contributed by atoms with van der Waals surface area (Å²) in [6.07, 6.45) is 11.8. The van der Waals surface area contributed by atoms with Gasteiger partial charge in [-0.15, -0.1) is 0 Å². The van der Waals surface area contributed by atoms with Gasteiger partial charge in [0.05, 0.1) is 5.56 Å². The van der Waals surface area contributed by atoms with Crippen LogP contribution in [-0.2, 0) is 6.18 Å². The summed E-state index contributed by atoms with van der Waals surface area (Å²) in [4.78, 5) is 0. The van der Waals surface area contributed by atoms with Gasteiger partial charge in [0.2, 0.25) is 0 Å². The van der Waals surface area contributed by atoms with E-state index in [-0.39, 0.29) is 0 Å². The lowest BCUT2D eigenvalue weighted by molar-refractivity contribution is -0.137. The molecule has 2 saturated carbocycles. The number of alkyl halides is 3. The zero-order valence-corrected chi connectivity index (χ0v) is 17.7. The van der Waals surface area contributed by atoms with Gasteiger partial charge < -0.3 is 0 Å². The molecule has 0 unspecified atom stereocenters. The van der Waals surface area contributed by atoms with Gasteiger partial charge in [0.25, 0.3) is 0 Å². The molecule has 1 aromatic carbocycles. The minimum atomic E-state index is -4.28. The van der Waals surface area contributed by atoms with Gasteiger partial charge >= 0.3 is 6.18 Å². The molecule has 0 radical (unpaired) electrons. The molecule has 3 heteroatoms. The highest BCUT2D eigenvalue weighted by Gasteiger charge is 2.31. The van der Waals surface area contributed by atoms with E-state index in [4.69, 9.17) is 0 Å². The first-order chi connectivity index (χ1) is 14.0. The number of hydrogen-bond donors (Lipinski definition) is 0. The predicted octanol–water partition coefficient (Wildman–Crippen LogP) is 8.25. The highest BCUT2D eigenvalue weighted by Crippen LogP contribution is 2.42. The highest BCUT2D eigenvalue weighted by atomic mass is 19.4. The molecule has 0 atom stereocenters. The molecule has 0 aromatic heterocycles. The van der Waals surface area contributed by atoms with Crippen molar-refractivity contribution in [2.45, 2.75) is 90.1 Å². The van der Waals surface area contributed by atoms with Crippen LogP contribution in [0.3, 0.4) is 0 Å². The van der Waals surface area contributed by atoms with E-state index in [2.05, 4.69) is 18.8 Å². The normalized spacial score (nSPS) is 27.9. The minimum Gasteiger partial charge on any atom is -0.166 e. The second kappa shape index (κ2) is 10.6. The van der Waals surface area contributed by atoms with Gasteiger partial charge in [0.15, 0.2) is 0 Å². The van der Waals surface area contributed by atoms with Crippen LogP contribution in [-0.4, -0.2) is 0 Å². The number of hydrogen-bond acceptors (Lipinski definition) is 0. The largest absolute Gasteiger partial charge is 0.416 e. The third kappa shape index (κ3) is 6.80. The van der Waals surface area contributed by atoms with E-state index >= 15 is 0 Å². The van der Waals surface area contributed by atoms with Crippen LogP contribution in [0.4, 0.5) is 13.2 Å². The Labute approximate surface area is 174 Å². The molecule has 2 aliphatic carbocycles. The maximum atomic E-state index is 12.6. The Hall–Kier alpha value is -1.43. The number of rotatable bonds is 5. The average Bonchev–Trinajstić information content (AvgIpc) is 2.73. The quantitative estimate of drug-likeness (QED) is 0.342. The van der Waals surface area contributed by atoms with E-state index in [1.807, 2.05) is 0 Å². The van der Waals surface area contributed by atoms with Crippen LogP contribution in [0, 0.1) is 35.5 Å². The van der Waals surface area contributed by atoms with Crippen molar-refractivity contribution in [3.8, 4) is 11.8 Å². The molecule has 0 N–H and O–H groups in total. The Morgan fingerprint density at radius 2 is 1.41 bits per heavy atom. The van der Waals surface area contributed by atoms with Crippen molar-refractivity contribution in [3.63, 3.8) is 0 Å². The van der Waals surface area contributed by atoms with Gasteiger partial charge in [0.1, 0.15) is 0 Å². The lowest BCUT2D eigenvalue weighted by Crippen LogP contribution is -2.25. The number of benzene rings is 1. The molecule has 160 valence electrons. The second-order valence-corrected chi connectivity index (χ2v) is 9.23. The van der Waals surface area contributed by atoms with Crippen LogP contribution in [0.25, 0.3) is 0 Å². The third-order valence-electron chi connectivity index (χ3n) is 7.18. The van der Waals surface area contributed by atoms with Crippen LogP contribution >= 0.6 is 0 Å². The lowest BCUT2D eigenvalue weighted by atomic mass is 9.69. The van der Waals surface area contributed by atoms with E-state index in [1.165, 1.54) is 76.3 Å². The molecular formula is C26H35F3. The van der Waals surface area contributed by atoms with Crippen molar-refractivity contribution in [1.82, 2.24) is 0 Å². The zero-order valence-electron chi connectivity index (χ0n) is 17.7. The maximum Gasteiger partial charge on any atom is 0.416 e. The topological polar surface area (TPSA) is 0 Å². The Bertz CT molecular complexity index is 661. The first kappa shape index (κ1) is 22.3. The number of halogens is 3. The Morgan fingerprint density at radius 1 is 0.828 bits per heavy atom. The summed E-state index contributed by atoms with van der Waals surface area (Å²) in [6, 6.07) is 5.22. The summed E-state index contributed by atoms with van der Waals surface area (Å²) in [6.45, 7) is 2.28. The molecular weight excluding hydrogens is 369 g/mol. The predicted molar refractivity (Wildman–Crippen MR) is 113 cm³/mol. The van der Waals surface area contributed by atoms with Crippen molar-refractivity contribution in [2.75, 3.05) is 0 Å². The molecule has 3 rings (SSSR count). The van der Waals surface area contributed by atoms with Crippen LogP contribution in [0.5, 0.6) is 0 Å². The standard InChI is InChI=1S/C26H35F3/c1-2-3-4-5-20-8-14-23(15-9-20)24-16-10-21(11-17-24)6-7-22-12-18-25(19-13-22)26(27,28)29/h12-13,18-21,23-24H,2-5,8-11,14-17H2,1H3/t20-,21?,23-,24?. The van der Waals surface area contributed by atoms with Crippen molar-refractivity contribution in [2.24, 2.45) is 23.7 Å². The third-order valence-corrected chi connectivity index (χ3v) is 7.18. The van der Waals surface area contributed by atoms with E-state index in [0.29, 0.717) is 11.5 Å². The summed E-state index contributed by atoms with van der Waals surface area (Å²) in [5, 5.41) is 0. The SMILES string of the molecule is CCCCC[C@H]1CC[C@H](C2CCC(C#Cc3ccc(C(F)(F)F)cc3)CC2)CC1. The molecule has 0 spiro atoms. The monoisotopic (exact) mass is 404 g/mol. The van der Waals surface area contributed by atoms with Crippen LogP contribution < -0.4 is 0 Å². The number of unbranched alkanes of at least 4 members (excludes halogenated alkanes) is 2. The minimum absolute atomic E-state index is 0.402. The molecule has 0 nitrogen and oxygen atoms in total. The Balaban J connectivity index is 1.41. The molecule has 29 heavy (non-hydrogen) atoms. The Morgan fingerprint density at radius 3 is 1.97 bits per heavy atom. The molecule has 1 aromatic rings. The molecule has 2 fully saturated rings. The molecule has 0 aliphatic heterocycles. The second-order valence-electron chi connectivity index (χ2n) is 9.23. The maximum absolute atomic E-state index is 12.6. The summed E-state index contributed by atoms with van der Waals surface area (Å²) < 4.78 is 37.9. The summed E-state index contributed by atoms with van der Waals surface area (Å²) in [7, 11) is 0. The van der Waals surface area contributed by atoms with Crippen molar-refractivity contribution in [3.05, 3.63) is 35.4 Å². The van der Waals surface area contributed by atoms with E-state index in [1.54, 1.807) is 0 Å². The van der Waals surface area contributed by atoms with Gasteiger partial charge in [-0.2, -0.15) is 13.2 Å². The molecule has 0 amide bonds. The molecule has 0 bridgehead atoms. The summed E-state index contributed by atoms with van der Waals surface area (Å²) in [5.74, 6) is 9.59. The summed E-state index contributed by atoms with van der Waals surface area (Å²) >= 11 is 0. The van der Waals surface area contributed by atoms with Crippen molar-refractivity contribution in [1.29, 1.82) is 0 Å². The van der Waals surface area contributed by atoms with E-state index in [0.717, 1.165) is 42.7 Å². The van der Waals surface area contributed by atoms with Crippen LogP contribution in [0.1, 0.15) is 95.1 Å².